The Kier molecular flexibility index (Phi) is 3.57. The second-order valence-corrected chi connectivity index (χ2v) is 3.93. The van der Waals surface area contributed by atoms with Gasteiger partial charge in [0.2, 0.25) is 0 Å². The molecule has 0 saturated heterocycles. The summed E-state index contributed by atoms with van der Waals surface area (Å²) in [7, 11) is 0. The first-order valence-corrected chi connectivity index (χ1v) is 5.62. The van der Waals surface area contributed by atoms with Crippen LogP contribution in [0.25, 0.3) is 0 Å². The Morgan fingerprint density at radius 1 is 1.22 bits per heavy atom. The Labute approximate surface area is 105 Å². The van der Waals surface area contributed by atoms with E-state index in [1.165, 1.54) is 0 Å². The molecule has 92 valence electrons. The van der Waals surface area contributed by atoms with Crippen LogP contribution in [0, 0.1) is 6.92 Å². The molecule has 1 N–H and O–H groups in total. The van der Waals surface area contributed by atoms with E-state index in [1.54, 1.807) is 31.4 Å². The summed E-state index contributed by atoms with van der Waals surface area (Å²) in [6.07, 6.45) is 1.57. The Balaban J connectivity index is 2.09. The van der Waals surface area contributed by atoms with Crippen LogP contribution in [0.15, 0.2) is 52.2 Å². The Bertz CT molecular complexity index is 571. The van der Waals surface area contributed by atoms with Gasteiger partial charge in [0, 0.05) is 5.56 Å². The minimum Gasteiger partial charge on any atom is -0.463 e. The van der Waals surface area contributed by atoms with E-state index in [4.69, 9.17) is 4.42 Å². The lowest BCUT2D eigenvalue weighted by Crippen LogP contribution is -2.20. The molecule has 4 heteroatoms. The van der Waals surface area contributed by atoms with E-state index in [0.29, 0.717) is 17.0 Å². The van der Waals surface area contributed by atoms with Crippen molar-refractivity contribution in [2.45, 2.75) is 13.8 Å². The summed E-state index contributed by atoms with van der Waals surface area (Å²) in [6, 6.07) is 10.9. The molecule has 0 atom stereocenters. The molecule has 0 saturated carbocycles. The Morgan fingerprint density at radius 2 is 2.00 bits per heavy atom. The number of aryl methyl sites for hydroxylation is 1. The highest BCUT2D eigenvalue weighted by Crippen LogP contribution is 2.07. The van der Waals surface area contributed by atoms with Gasteiger partial charge in [-0.1, -0.05) is 18.2 Å². The standard InChI is InChI=1S/C14H14N2O2/c1-10-6-3-4-7-12(10)14(17)16-15-11(2)13-8-5-9-18-13/h3-9H,1-2H3,(H,16,17)/b15-11-. The number of hydrazone groups is 1. The molecule has 0 aliphatic rings. The molecule has 1 aromatic heterocycles. The van der Waals surface area contributed by atoms with Crippen LogP contribution < -0.4 is 5.43 Å². The first kappa shape index (κ1) is 12.1. The van der Waals surface area contributed by atoms with Gasteiger partial charge in [0.1, 0.15) is 11.5 Å². The third-order valence-corrected chi connectivity index (χ3v) is 2.59. The van der Waals surface area contributed by atoms with Crippen molar-refractivity contribution in [3.8, 4) is 0 Å². The van der Waals surface area contributed by atoms with Gasteiger partial charge in [0.25, 0.3) is 5.91 Å². The lowest BCUT2D eigenvalue weighted by molar-refractivity contribution is 0.0954. The van der Waals surface area contributed by atoms with Gasteiger partial charge >= 0.3 is 0 Å². The predicted molar refractivity (Wildman–Crippen MR) is 69.6 cm³/mol. The Hall–Kier alpha value is -2.36. The van der Waals surface area contributed by atoms with Gasteiger partial charge in [-0.25, -0.2) is 5.43 Å². The van der Waals surface area contributed by atoms with Crippen LogP contribution >= 0.6 is 0 Å². The van der Waals surface area contributed by atoms with E-state index in [1.807, 2.05) is 25.1 Å². The molecule has 0 aliphatic heterocycles. The van der Waals surface area contributed by atoms with E-state index >= 15 is 0 Å². The zero-order valence-electron chi connectivity index (χ0n) is 10.3. The summed E-state index contributed by atoms with van der Waals surface area (Å²) >= 11 is 0. The molecule has 0 spiro atoms. The monoisotopic (exact) mass is 242 g/mol. The molecule has 1 aromatic carbocycles. The molecule has 2 aromatic rings. The maximum absolute atomic E-state index is 11.9. The van der Waals surface area contributed by atoms with Crippen LogP contribution in [0.2, 0.25) is 0 Å². The SMILES string of the molecule is C/C(=N/NC(=O)c1ccccc1C)c1ccco1. The second kappa shape index (κ2) is 5.31. The molecule has 2 rings (SSSR count). The highest BCUT2D eigenvalue weighted by atomic mass is 16.3. The van der Waals surface area contributed by atoms with Crippen molar-refractivity contribution >= 4 is 11.6 Å². The van der Waals surface area contributed by atoms with Gasteiger partial charge < -0.3 is 4.42 Å². The van der Waals surface area contributed by atoms with Crippen LogP contribution in [0.1, 0.15) is 28.6 Å². The van der Waals surface area contributed by atoms with Crippen LogP contribution in [0.5, 0.6) is 0 Å². The molecule has 0 fully saturated rings. The molecule has 1 heterocycles. The van der Waals surface area contributed by atoms with Crippen molar-refractivity contribution in [1.82, 2.24) is 5.43 Å². The maximum atomic E-state index is 11.9. The number of nitrogens with zero attached hydrogens (tertiary/aromatic N) is 1. The number of amides is 1. The number of benzene rings is 1. The van der Waals surface area contributed by atoms with Crippen molar-refractivity contribution in [3.63, 3.8) is 0 Å². The topological polar surface area (TPSA) is 54.6 Å². The molecule has 1 amide bonds. The lowest BCUT2D eigenvalue weighted by Gasteiger charge is -2.03. The van der Waals surface area contributed by atoms with Crippen molar-refractivity contribution in [3.05, 3.63) is 59.5 Å². The summed E-state index contributed by atoms with van der Waals surface area (Å²) in [6.45, 7) is 3.66. The second-order valence-electron chi connectivity index (χ2n) is 3.93. The van der Waals surface area contributed by atoms with Crippen molar-refractivity contribution in [1.29, 1.82) is 0 Å². The van der Waals surface area contributed by atoms with Crippen LogP contribution in [-0.4, -0.2) is 11.6 Å². The highest BCUT2D eigenvalue weighted by Gasteiger charge is 2.07. The first-order valence-electron chi connectivity index (χ1n) is 5.62. The smallest absolute Gasteiger partial charge is 0.271 e. The summed E-state index contributed by atoms with van der Waals surface area (Å²) in [5.74, 6) is 0.416. The van der Waals surface area contributed by atoms with Crippen molar-refractivity contribution in [2.75, 3.05) is 0 Å². The molecule has 0 unspecified atom stereocenters. The van der Waals surface area contributed by atoms with E-state index in [-0.39, 0.29) is 5.91 Å². The zero-order chi connectivity index (χ0) is 13.0. The highest BCUT2D eigenvalue weighted by molar-refractivity contribution is 5.99. The molecule has 4 nitrogen and oxygen atoms in total. The molecular formula is C14H14N2O2. The van der Waals surface area contributed by atoms with E-state index in [2.05, 4.69) is 10.5 Å². The van der Waals surface area contributed by atoms with Crippen LogP contribution in [-0.2, 0) is 0 Å². The van der Waals surface area contributed by atoms with Gasteiger partial charge in [-0.3, -0.25) is 4.79 Å². The average Bonchev–Trinajstić information content (AvgIpc) is 2.90. The van der Waals surface area contributed by atoms with Crippen LogP contribution in [0.3, 0.4) is 0 Å². The Morgan fingerprint density at radius 3 is 2.67 bits per heavy atom. The zero-order valence-corrected chi connectivity index (χ0v) is 10.3. The number of carbonyl (C=O) groups excluding carboxylic acids is 1. The number of carbonyl (C=O) groups is 1. The van der Waals surface area contributed by atoms with Gasteiger partial charge in [0.05, 0.1) is 6.26 Å². The average molecular weight is 242 g/mol. The predicted octanol–water partition coefficient (Wildman–Crippen LogP) is 2.74. The molecule has 18 heavy (non-hydrogen) atoms. The summed E-state index contributed by atoms with van der Waals surface area (Å²) in [5, 5.41) is 4.01. The molecule has 0 aliphatic carbocycles. The minimum atomic E-state index is -0.223. The van der Waals surface area contributed by atoms with Crippen molar-refractivity contribution < 1.29 is 9.21 Å². The molecule has 0 bridgehead atoms. The quantitative estimate of drug-likeness (QED) is 0.664. The molecular weight excluding hydrogens is 228 g/mol. The van der Waals surface area contributed by atoms with Gasteiger partial charge in [-0.05, 0) is 37.6 Å². The lowest BCUT2D eigenvalue weighted by atomic mass is 10.1. The fourth-order valence-electron chi connectivity index (χ4n) is 1.56. The summed E-state index contributed by atoms with van der Waals surface area (Å²) in [4.78, 5) is 11.9. The molecule has 0 radical (unpaired) electrons. The minimum absolute atomic E-state index is 0.223. The normalized spacial score (nSPS) is 11.3. The van der Waals surface area contributed by atoms with E-state index in [9.17, 15) is 4.79 Å². The van der Waals surface area contributed by atoms with Crippen molar-refractivity contribution in [2.24, 2.45) is 5.10 Å². The number of hydrogen-bond donors (Lipinski definition) is 1. The van der Waals surface area contributed by atoms with Gasteiger partial charge in [-0.15, -0.1) is 0 Å². The third-order valence-electron chi connectivity index (χ3n) is 2.59. The number of furan rings is 1. The van der Waals surface area contributed by atoms with Gasteiger partial charge in [-0.2, -0.15) is 5.10 Å². The number of hydrogen-bond acceptors (Lipinski definition) is 3. The number of nitrogens with one attached hydrogen (secondary N) is 1. The first-order chi connectivity index (χ1) is 8.68. The number of rotatable bonds is 3. The maximum Gasteiger partial charge on any atom is 0.271 e. The fraction of sp³-hybridized carbons (Fsp3) is 0.143. The summed E-state index contributed by atoms with van der Waals surface area (Å²) in [5.41, 5.74) is 4.68. The van der Waals surface area contributed by atoms with Crippen LogP contribution in [0.4, 0.5) is 0 Å². The third kappa shape index (κ3) is 2.66. The fourth-order valence-corrected chi connectivity index (χ4v) is 1.56. The van der Waals surface area contributed by atoms with Gasteiger partial charge in [0.15, 0.2) is 0 Å². The van der Waals surface area contributed by atoms with E-state index in [0.717, 1.165) is 5.56 Å². The summed E-state index contributed by atoms with van der Waals surface area (Å²) < 4.78 is 5.17. The van der Waals surface area contributed by atoms with E-state index < -0.39 is 0 Å². The largest absolute Gasteiger partial charge is 0.463 e.